The van der Waals surface area contributed by atoms with Crippen LogP contribution in [-0.2, 0) is 19.2 Å². The van der Waals surface area contributed by atoms with Crippen molar-refractivity contribution in [1.82, 2.24) is 25.8 Å². The summed E-state index contributed by atoms with van der Waals surface area (Å²) in [5.41, 5.74) is 4.70. The van der Waals surface area contributed by atoms with E-state index in [1.807, 2.05) is 13.8 Å². The maximum absolute atomic E-state index is 14.2. The summed E-state index contributed by atoms with van der Waals surface area (Å²) in [4.78, 5) is 84.7. The van der Waals surface area contributed by atoms with Gasteiger partial charge in [0, 0.05) is 6.54 Å². The van der Waals surface area contributed by atoms with Gasteiger partial charge in [0.25, 0.3) is 5.91 Å². The van der Waals surface area contributed by atoms with Gasteiger partial charge in [-0.25, -0.2) is 9.78 Å². The Hall–Kier alpha value is -3.35. The fourth-order valence-corrected chi connectivity index (χ4v) is 6.16. The number of amides is 5. The van der Waals surface area contributed by atoms with Gasteiger partial charge in [0.1, 0.15) is 22.4 Å². The summed E-state index contributed by atoms with van der Waals surface area (Å²) >= 11 is 3.27. The van der Waals surface area contributed by atoms with Gasteiger partial charge in [-0.1, -0.05) is 67.4 Å². The number of urea groups is 1. The second kappa shape index (κ2) is 14.8. The largest absolute Gasteiger partial charge is 0.363 e. The number of ketones is 2. The van der Waals surface area contributed by atoms with Crippen LogP contribution in [-0.4, -0.2) is 75.9 Å². The van der Waals surface area contributed by atoms with Crippen molar-refractivity contribution in [3.05, 3.63) is 28.5 Å². The van der Waals surface area contributed by atoms with E-state index < -0.39 is 59.1 Å². The molecule has 248 valence electrons. The SMILES string of the molecule is CC(C)[C@H](NC(=O)N[C@H](C(=O)N1CC[C@H](C(C)C)[C@H]1C(=O)NC(CC1CC1)C(=O)C(N)=O)C(C)(C)C)C(=O)c1cccc(Br)n1. The molecule has 0 bridgehead atoms. The normalized spacial score (nSPS) is 20.4. The molecule has 5 N–H and O–H groups in total. The number of hydrogen-bond donors (Lipinski definition) is 4. The first-order valence-electron chi connectivity index (χ1n) is 15.6. The van der Waals surface area contributed by atoms with Gasteiger partial charge in [-0.15, -0.1) is 0 Å². The highest BCUT2D eigenvalue weighted by Crippen LogP contribution is 2.35. The Balaban J connectivity index is 1.83. The molecule has 3 rings (SSSR count). The molecule has 1 saturated carbocycles. The molecule has 0 aromatic carbocycles. The summed E-state index contributed by atoms with van der Waals surface area (Å²) < 4.78 is 0.487. The van der Waals surface area contributed by atoms with Gasteiger partial charge >= 0.3 is 6.03 Å². The standard InChI is InChI=1S/C32H47BrN6O6/c1-16(2)19-13-14-39(24(19)29(43)36-21(15-18-11-12-18)26(41)28(34)42)30(44)27(32(5,6)7)38-31(45)37-23(17(3)4)25(40)20-9-8-10-22(33)35-20/h8-10,16-19,21,23-24,27H,11-15H2,1-7H3,(H2,34,42)(H,36,43)(H2,37,38,45)/t19-,21?,23+,24+,27-/m1/s1. The van der Waals surface area contributed by atoms with Crippen LogP contribution in [0.3, 0.4) is 0 Å². The number of pyridine rings is 1. The van der Waals surface area contributed by atoms with E-state index in [0.29, 0.717) is 17.4 Å². The van der Waals surface area contributed by atoms with E-state index in [1.165, 1.54) is 4.90 Å². The van der Waals surface area contributed by atoms with Gasteiger partial charge in [-0.2, -0.15) is 0 Å². The van der Waals surface area contributed by atoms with E-state index >= 15 is 0 Å². The van der Waals surface area contributed by atoms with Crippen molar-refractivity contribution >= 4 is 51.2 Å². The Bertz CT molecular complexity index is 1310. The summed E-state index contributed by atoms with van der Waals surface area (Å²) in [6, 6.07) is 0.300. The lowest BCUT2D eigenvalue weighted by molar-refractivity contribution is -0.144. The number of nitrogens with two attached hydrogens (primary N) is 1. The van der Waals surface area contributed by atoms with E-state index in [2.05, 4.69) is 36.9 Å². The van der Waals surface area contributed by atoms with Gasteiger partial charge in [-0.05, 0) is 70.0 Å². The average molecular weight is 692 g/mol. The van der Waals surface area contributed by atoms with Crippen molar-refractivity contribution in [2.75, 3.05) is 6.54 Å². The summed E-state index contributed by atoms with van der Waals surface area (Å²) in [5, 5.41) is 8.25. The van der Waals surface area contributed by atoms with Gasteiger partial charge in [0.15, 0.2) is 0 Å². The van der Waals surface area contributed by atoms with Crippen molar-refractivity contribution in [2.24, 2.45) is 34.8 Å². The summed E-state index contributed by atoms with van der Waals surface area (Å²) in [5.74, 6) is -3.56. The van der Waals surface area contributed by atoms with Crippen molar-refractivity contribution < 1.29 is 28.8 Å². The van der Waals surface area contributed by atoms with Crippen molar-refractivity contribution in [3.8, 4) is 0 Å². The zero-order chi connectivity index (χ0) is 33.8. The molecule has 1 saturated heterocycles. The number of aromatic nitrogens is 1. The molecule has 5 atom stereocenters. The molecule has 13 heteroatoms. The summed E-state index contributed by atoms with van der Waals surface area (Å²) in [6.07, 6.45) is 2.68. The third-order valence-corrected chi connectivity index (χ3v) is 9.03. The third kappa shape index (κ3) is 9.34. The van der Waals surface area contributed by atoms with Crippen LogP contribution in [0, 0.1) is 29.1 Å². The predicted molar refractivity (Wildman–Crippen MR) is 172 cm³/mol. The fraction of sp³-hybridized carbons (Fsp3) is 0.656. The first-order valence-corrected chi connectivity index (χ1v) is 16.4. The van der Waals surface area contributed by atoms with Gasteiger partial charge in [0.2, 0.25) is 23.4 Å². The Morgan fingerprint density at radius 1 is 1.00 bits per heavy atom. The molecule has 1 unspecified atom stereocenters. The molecule has 5 amide bonds. The maximum Gasteiger partial charge on any atom is 0.316 e. The van der Waals surface area contributed by atoms with Gasteiger partial charge < -0.3 is 26.6 Å². The minimum absolute atomic E-state index is 0.0288. The van der Waals surface area contributed by atoms with Crippen LogP contribution >= 0.6 is 15.9 Å². The van der Waals surface area contributed by atoms with Crippen LogP contribution < -0.4 is 21.7 Å². The predicted octanol–water partition coefficient (Wildman–Crippen LogP) is 2.98. The topological polar surface area (TPSA) is 181 Å². The molecular formula is C32H47BrN6O6. The fourth-order valence-electron chi connectivity index (χ4n) is 5.81. The van der Waals surface area contributed by atoms with Gasteiger partial charge in [0.05, 0.1) is 12.1 Å². The summed E-state index contributed by atoms with van der Waals surface area (Å²) in [7, 11) is 0. The van der Waals surface area contributed by atoms with E-state index in [0.717, 1.165) is 12.8 Å². The van der Waals surface area contributed by atoms with E-state index in [-0.39, 0.29) is 41.7 Å². The highest BCUT2D eigenvalue weighted by Gasteiger charge is 2.48. The second-order valence-electron chi connectivity index (χ2n) is 14.0. The molecule has 2 heterocycles. The average Bonchev–Trinajstić information content (AvgIpc) is 3.65. The van der Waals surface area contributed by atoms with Crippen LogP contribution in [0.1, 0.15) is 84.6 Å². The zero-order valence-electron chi connectivity index (χ0n) is 27.2. The molecule has 2 fully saturated rings. The van der Waals surface area contributed by atoms with E-state index in [1.54, 1.807) is 52.8 Å². The van der Waals surface area contributed by atoms with E-state index in [4.69, 9.17) is 5.73 Å². The van der Waals surface area contributed by atoms with Crippen LogP contribution in [0.4, 0.5) is 4.79 Å². The Morgan fingerprint density at radius 3 is 2.16 bits per heavy atom. The monoisotopic (exact) mass is 690 g/mol. The highest BCUT2D eigenvalue weighted by atomic mass is 79.9. The van der Waals surface area contributed by atoms with Crippen molar-refractivity contribution in [3.63, 3.8) is 0 Å². The maximum atomic E-state index is 14.2. The number of rotatable bonds is 13. The molecule has 45 heavy (non-hydrogen) atoms. The number of hydrogen-bond acceptors (Lipinski definition) is 7. The smallest absolute Gasteiger partial charge is 0.316 e. The molecule has 2 aliphatic rings. The van der Waals surface area contributed by atoms with Crippen LogP contribution in [0.15, 0.2) is 22.8 Å². The Kier molecular flexibility index (Phi) is 11.9. The highest BCUT2D eigenvalue weighted by molar-refractivity contribution is 9.10. The number of nitrogens with one attached hydrogen (secondary N) is 3. The van der Waals surface area contributed by atoms with Crippen molar-refractivity contribution in [2.45, 2.75) is 98.3 Å². The lowest BCUT2D eigenvalue weighted by Crippen LogP contribution is -2.62. The molecule has 1 aliphatic heterocycles. The minimum atomic E-state index is -1.11. The van der Waals surface area contributed by atoms with Crippen LogP contribution in [0.25, 0.3) is 0 Å². The summed E-state index contributed by atoms with van der Waals surface area (Å²) in [6.45, 7) is 13.2. The molecular weight excluding hydrogens is 644 g/mol. The zero-order valence-corrected chi connectivity index (χ0v) is 28.8. The molecule has 1 aromatic heterocycles. The molecule has 0 spiro atoms. The van der Waals surface area contributed by atoms with Crippen molar-refractivity contribution in [1.29, 1.82) is 0 Å². The van der Waals surface area contributed by atoms with E-state index in [9.17, 15) is 28.8 Å². The number of primary amides is 1. The van der Waals surface area contributed by atoms with Crippen LogP contribution in [0.5, 0.6) is 0 Å². The number of nitrogens with zero attached hydrogens (tertiary/aromatic N) is 2. The number of carbonyl (C=O) groups excluding carboxylic acids is 6. The lowest BCUT2D eigenvalue weighted by atomic mass is 9.84. The number of halogens is 1. The third-order valence-electron chi connectivity index (χ3n) is 8.59. The molecule has 1 aliphatic carbocycles. The number of likely N-dealkylation sites (tertiary alicyclic amines) is 1. The minimum Gasteiger partial charge on any atom is -0.363 e. The Labute approximate surface area is 273 Å². The first-order chi connectivity index (χ1) is 20.9. The second-order valence-corrected chi connectivity index (χ2v) is 14.8. The molecule has 1 aromatic rings. The quantitative estimate of drug-likeness (QED) is 0.139. The molecule has 12 nitrogen and oxygen atoms in total. The number of Topliss-reactive ketones (excluding diaryl/α,β-unsaturated/α-hetero) is 2. The Morgan fingerprint density at radius 2 is 1.64 bits per heavy atom. The first kappa shape index (κ1) is 36.1. The lowest BCUT2D eigenvalue weighted by Gasteiger charge is -2.37. The number of carbonyl (C=O) groups is 6. The van der Waals surface area contributed by atoms with Crippen LogP contribution in [0.2, 0.25) is 0 Å². The molecule has 0 radical (unpaired) electrons. The van der Waals surface area contributed by atoms with Gasteiger partial charge in [-0.3, -0.25) is 24.0 Å².